The van der Waals surface area contributed by atoms with E-state index in [1.54, 1.807) is 6.20 Å². The highest BCUT2D eigenvalue weighted by Gasteiger charge is 2.20. The van der Waals surface area contributed by atoms with E-state index in [9.17, 15) is 0 Å². The highest BCUT2D eigenvalue weighted by molar-refractivity contribution is 5.85. The van der Waals surface area contributed by atoms with Gasteiger partial charge in [0.2, 0.25) is 0 Å². The molecule has 1 aliphatic carbocycles. The second-order valence-electron chi connectivity index (χ2n) is 5.58. The molecule has 106 valence electrons. The van der Waals surface area contributed by atoms with E-state index < -0.39 is 0 Å². The normalized spacial score (nSPS) is 14.7. The summed E-state index contributed by atoms with van der Waals surface area (Å²) in [6.45, 7) is 1.86. The number of pyridine rings is 1. The average Bonchev–Trinajstić information content (AvgIpc) is 3.23. The van der Waals surface area contributed by atoms with Gasteiger partial charge >= 0.3 is 0 Å². The number of hydrogen-bond donors (Lipinski definition) is 1. The third kappa shape index (κ3) is 2.64. The van der Waals surface area contributed by atoms with Crippen LogP contribution in [0.2, 0.25) is 0 Å². The lowest BCUT2D eigenvalue weighted by Gasteiger charge is -2.04. The predicted molar refractivity (Wildman–Crippen MR) is 81.1 cm³/mol. The zero-order chi connectivity index (χ0) is 14.1. The summed E-state index contributed by atoms with van der Waals surface area (Å²) < 4.78 is 1.81. The zero-order valence-corrected chi connectivity index (χ0v) is 11.7. The molecule has 1 aromatic carbocycles. The van der Waals surface area contributed by atoms with E-state index in [-0.39, 0.29) is 0 Å². The van der Waals surface area contributed by atoms with Crippen LogP contribution in [0.1, 0.15) is 18.5 Å². The first-order valence-corrected chi connectivity index (χ1v) is 7.36. The summed E-state index contributed by atoms with van der Waals surface area (Å²) in [7, 11) is 0. The number of hydrogen-bond acceptors (Lipinski definition) is 4. The average molecular weight is 279 g/mol. The van der Waals surface area contributed by atoms with Crippen molar-refractivity contribution >= 4 is 10.9 Å². The van der Waals surface area contributed by atoms with Crippen LogP contribution in [-0.2, 0) is 6.54 Å². The summed E-state index contributed by atoms with van der Waals surface area (Å²) in [5, 5.41) is 13.0. The van der Waals surface area contributed by atoms with Crippen molar-refractivity contribution in [2.75, 3.05) is 6.54 Å². The van der Waals surface area contributed by atoms with Gasteiger partial charge in [-0.15, -0.1) is 5.10 Å². The van der Waals surface area contributed by atoms with Gasteiger partial charge in [0.05, 0.1) is 23.1 Å². The fourth-order valence-corrected chi connectivity index (χ4v) is 2.50. The molecule has 0 saturated heterocycles. The van der Waals surface area contributed by atoms with Crippen LogP contribution in [0.15, 0.2) is 42.7 Å². The molecule has 4 rings (SSSR count). The van der Waals surface area contributed by atoms with Gasteiger partial charge in [-0.05, 0) is 37.4 Å². The molecule has 0 bridgehead atoms. The smallest absolute Gasteiger partial charge is 0.0969 e. The van der Waals surface area contributed by atoms with Gasteiger partial charge in [-0.1, -0.05) is 23.4 Å². The molecule has 1 saturated carbocycles. The Morgan fingerprint density at radius 3 is 3.00 bits per heavy atom. The van der Waals surface area contributed by atoms with Crippen LogP contribution in [-0.4, -0.2) is 26.5 Å². The monoisotopic (exact) mass is 279 g/mol. The van der Waals surface area contributed by atoms with Gasteiger partial charge in [-0.2, -0.15) is 0 Å². The number of nitrogens with one attached hydrogen (secondary N) is 1. The minimum atomic E-state index is 0.773. The molecule has 3 aromatic rings. The van der Waals surface area contributed by atoms with Gasteiger partial charge in [0.25, 0.3) is 0 Å². The molecule has 1 aliphatic rings. The Balaban J connectivity index is 1.58. The fourth-order valence-electron chi connectivity index (χ4n) is 2.50. The first-order valence-electron chi connectivity index (χ1n) is 7.36. The quantitative estimate of drug-likeness (QED) is 0.778. The Hall–Kier alpha value is -2.27. The predicted octanol–water partition coefficient (Wildman–Crippen LogP) is 2.32. The van der Waals surface area contributed by atoms with Crippen LogP contribution in [0.4, 0.5) is 0 Å². The van der Waals surface area contributed by atoms with Gasteiger partial charge in [0.15, 0.2) is 0 Å². The van der Waals surface area contributed by atoms with Crippen LogP contribution < -0.4 is 5.32 Å². The minimum absolute atomic E-state index is 0.773. The topological polar surface area (TPSA) is 55.6 Å². The van der Waals surface area contributed by atoms with Crippen molar-refractivity contribution in [3.8, 4) is 5.69 Å². The summed E-state index contributed by atoms with van der Waals surface area (Å²) in [6, 6.07) is 10.1. The van der Waals surface area contributed by atoms with E-state index in [4.69, 9.17) is 0 Å². The van der Waals surface area contributed by atoms with Crippen molar-refractivity contribution in [2.24, 2.45) is 5.92 Å². The SMILES string of the molecule is c1cnc2c(-n3cc(CNCC4CC4)nn3)cccc2c1. The minimum Gasteiger partial charge on any atom is -0.311 e. The van der Waals surface area contributed by atoms with Crippen molar-refractivity contribution in [1.82, 2.24) is 25.3 Å². The summed E-state index contributed by atoms with van der Waals surface area (Å²) >= 11 is 0. The molecule has 5 heteroatoms. The van der Waals surface area contributed by atoms with Crippen LogP contribution in [0, 0.1) is 5.92 Å². The van der Waals surface area contributed by atoms with Gasteiger partial charge in [0, 0.05) is 18.1 Å². The summed E-state index contributed by atoms with van der Waals surface area (Å²) in [4.78, 5) is 4.46. The van der Waals surface area contributed by atoms with E-state index in [1.807, 2.05) is 29.1 Å². The van der Waals surface area contributed by atoms with Crippen molar-refractivity contribution < 1.29 is 0 Å². The van der Waals surface area contributed by atoms with E-state index in [1.165, 1.54) is 12.8 Å². The molecule has 21 heavy (non-hydrogen) atoms. The second-order valence-corrected chi connectivity index (χ2v) is 5.58. The van der Waals surface area contributed by atoms with Gasteiger partial charge < -0.3 is 5.32 Å². The molecule has 2 aromatic heterocycles. The first-order chi connectivity index (χ1) is 10.4. The molecule has 0 spiro atoms. The summed E-state index contributed by atoms with van der Waals surface area (Å²) in [5.74, 6) is 0.877. The van der Waals surface area contributed by atoms with Crippen molar-refractivity contribution in [1.29, 1.82) is 0 Å². The third-order valence-corrected chi connectivity index (χ3v) is 3.84. The second kappa shape index (κ2) is 5.26. The lowest BCUT2D eigenvalue weighted by Crippen LogP contribution is -2.16. The number of nitrogens with zero attached hydrogens (tertiary/aromatic N) is 4. The summed E-state index contributed by atoms with van der Waals surface area (Å²) in [5.41, 5.74) is 2.88. The number of para-hydroxylation sites is 1. The number of benzene rings is 1. The Labute approximate surface area is 123 Å². The Morgan fingerprint density at radius 1 is 1.19 bits per heavy atom. The molecule has 0 radical (unpaired) electrons. The van der Waals surface area contributed by atoms with Crippen molar-refractivity contribution in [2.45, 2.75) is 19.4 Å². The molecule has 2 heterocycles. The molecule has 0 amide bonds. The molecule has 0 atom stereocenters. The van der Waals surface area contributed by atoms with E-state index >= 15 is 0 Å². The van der Waals surface area contributed by atoms with Crippen LogP contribution >= 0.6 is 0 Å². The van der Waals surface area contributed by atoms with E-state index in [0.717, 1.165) is 41.3 Å². The summed E-state index contributed by atoms with van der Waals surface area (Å²) in [6.07, 6.45) is 6.51. The van der Waals surface area contributed by atoms with E-state index in [2.05, 4.69) is 32.7 Å². The maximum atomic E-state index is 4.46. The Bertz CT molecular complexity index is 755. The van der Waals surface area contributed by atoms with Crippen molar-refractivity contribution in [3.05, 3.63) is 48.4 Å². The number of rotatable bonds is 5. The number of aromatic nitrogens is 4. The van der Waals surface area contributed by atoms with E-state index in [0.29, 0.717) is 0 Å². The molecule has 5 nitrogen and oxygen atoms in total. The Kier molecular flexibility index (Phi) is 3.12. The zero-order valence-electron chi connectivity index (χ0n) is 11.7. The fraction of sp³-hybridized carbons (Fsp3) is 0.312. The van der Waals surface area contributed by atoms with Crippen molar-refractivity contribution in [3.63, 3.8) is 0 Å². The van der Waals surface area contributed by atoms with Crippen LogP contribution in [0.25, 0.3) is 16.6 Å². The molecular formula is C16H17N5. The maximum Gasteiger partial charge on any atom is 0.0969 e. The lowest BCUT2D eigenvalue weighted by atomic mass is 10.2. The van der Waals surface area contributed by atoms with Gasteiger partial charge in [0.1, 0.15) is 0 Å². The van der Waals surface area contributed by atoms with Crippen LogP contribution in [0.3, 0.4) is 0 Å². The molecule has 0 aliphatic heterocycles. The maximum absolute atomic E-state index is 4.46. The van der Waals surface area contributed by atoms with Gasteiger partial charge in [-0.25, -0.2) is 4.68 Å². The van der Waals surface area contributed by atoms with Crippen LogP contribution in [0.5, 0.6) is 0 Å². The molecule has 1 fully saturated rings. The molecule has 0 unspecified atom stereocenters. The molecular weight excluding hydrogens is 262 g/mol. The highest BCUT2D eigenvalue weighted by atomic mass is 15.4. The first kappa shape index (κ1) is 12.5. The number of fused-ring (bicyclic) bond motifs is 1. The highest BCUT2D eigenvalue weighted by Crippen LogP contribution is 2.27. The standard InChI is InChI=1S/C16H17N5/c1-3-13-4-2-8-18-16(13)15(5-1)21-11-14(19-20-21)10-17-9-12-6-7-12/h1-5,8,11-12,17H,6-7,9-10H2. The third-order valence-electron chi connectivity index (χ3n) is 3.84. The molecule has 1 N–H and O–H groups in total. The largest absolute Gasteiger partial charge is 0.311 e. The Morgan fingerprint density at radius 2 is 2.10 bits per heavy atom. The van der Waals surface area contributed by atoms with Gasteiger partial charge in [-0.3, -0.25) is 4.98 Å². The lowest BCUT2D eigenvalue weighted by molar-refractivity contribution is 0.628.